The van der Waals surface area contributed by atoms with Crippen molar-refractivity contribution in [2.24, 2.45) is 0 Å². The van der Waals surface area contributed by atoms with E-state index < -0.39 is 23.3 Å². The zero-order valence-electron chi connectivity index (χ0n) is 12.9. The van der Waals surface area contributed by atoms with Gasteiger partial charge in [-0.05, 0) is 46.6 Å². The number of hydrogen-bond donors (Lipinski definition) is 1. The van der Waals surface area contributed by atoms with Gasteiger partial charge in [0.05, 0.1) is 15.7 Å². The van der Waals surface area contributed by atoms with E-state index in [1.165, 1.54) is 6.07 Å². The van der Waals surface area contributed by atoms with Gasteiger partial charge in [0.25, 0.3) is 0 Å². The van der Waals surface area contributed by atoms with E-state index in [1.807, 2.05) is 6.92 Å². The molecule has 0 aliphatic heterocycles. The fourth-order valence-corrected chi connectivity index (χ4v) is 3.07. The van der Waals surface area contributed by atoms with Crippen molar-refractivity contribution in [3.63, 3.8) is 0 Å². The zero-order valence-corrected chi connectivity index (χ0v) is 14.5. The van der Waals surface area contributed by atoms with E-state index in [-0.39, 0.29) is 15.7 Å². The minimum atomic E-state index is -4.78. The van der Waals surface area contributed by atoms with Crippen molar-refractivity contribution in [1.82, 2.24) is 9.38 Å². The van der Waals surface area contributed by atoms with Crippen LogP contribution in [0.15, 0.2) is 41.0 Å². The number of aromatic nitrogens is 2. The van der Waals surface area contributed by atoms with Gasteiger partial charge >= 0.3 is 6.18 Å². The topological polar surface area (TPSA) is 54.6 Å². The van der Waals surface area contributed by atoms with Gasteiger partial charge in [0.1, 0.15) is 17.1 Å². The molecule has 0 saturated heterocycles. The monoisotopic (exact) mass is 412 g/mol. The Kier molecular flexibility index (Phi) is 4.32. The van der Waals surface area contributed by atoms with Crippen LogP contribution in [0.4, 0.5) is 13.2 Å². The maximum Gasteiger partial charge on any atom is 0.420 e. The van der Waals surface area contributed by atoms with Gasteiger partial charge in [-0.2, -0.15) is 13.2 Å². The number of rotatable bonds is 3. The lowest BCUT2D eigenvalue weighted by Gasteiger charge is -2.12. The number of phenols is 1. The van der Waals surface area contributed by atoms with Crippen LogP contribution >= 0.6 is 15.9 Å². The Morgan fingerprint density at radius 1 is 1.32 bits per heavy atom. The summed E-state index contributed by atoms with van der Waals surface area (Å²) in [4.78, 5) is 17.3. The first kappa shape index (κ1) is 17.5. The molecule has 0 fully saturated rings. The SMILES string of the molecule is CCc1nc2ccccn2c1C(=O)c1cc(Br)c(O)c(C(F)(F)F)c1. The van der Waals surface area contributed by atoms with Crippen molar-refractivity contribution in [3.8, 4) is 5.75 Å². The molecule has 0 aliphatic rings. The normalized spacial score (nSPS) is 11.9. The molecule has 3 aromatic rings. The largest absolute Gasteiger partial charge is 0.506 e. The quantitative estimate of drug-likeness (QED) is 0.638. The molecule has 0 spiro atoms. The fourth-order valence-electron chi connectivity index (χ4n) is 2.61. The fraction of sp³-hybridized carbons (Fsp3) is 0.176. The molecule has 25 heavy (non-hydrogen) atoms. The van der Waals surface area contributed by atoms with Crippen LogP contribution in [-0.2, 0) is 12.6 Å². The Hall–Kier alpha value is -2.35. The molecular formula is C17H12BrF3N2O2. The summed E-state index contributed by atoms with van der Waals surface area (Å²) in [5.41, 5.74) is -0.205. The number of phenolic OH excluding ortho intramolecular Hbond substituents is 1. The van der Waals surface area contributed by atoms with Crippen LogP contribution in [0.3, 0.4) is 0 Å². The second kappa shape index (κ2) is 6.18. The maximum absolute atomic E-state index is 13.1. The van der Waals surface area contributed by atoms with Crippen LogP contribution in [0, 0.1) is 0 Å². The van der Waals surface area contributed by atoms with Crippen molar-refractivity contribution in [1.29, 1.82) is 0 Å². The summed E-state index contributed by atoms with van der Waals surface area (Å²) in [6.45, 7) is 1.81. The van der Waals surface area contributed by atoms with Crippen molar-refractivity contribution >= 4 is 27.4 Å². The number of carbonyl (C=O) groups is 1. The first-order chi connectivity index (χ1) is 11.7. The molecule has 130 valence electrons. The molecule has 8 heteroatoms. The van der Waals surface area contributed by atoms with E-state index in [2.05, 4.69) is 20.9 Å². The average molecular weight is 413 g/mol. The molecule has 1 N–H and O–H groups in total. The predicted molar refractivity (Wildman–Crippen MR) is 88.8 cm³/mol. The molecule has 0 atom stereocenters. The molecule has 2 heterocycles. The van der Waals surface area contributed by atoms with Crippen LogP contribution in [0.1, 0.15) is 34.2 Å². The molecular weight excluding hydrogens is 401 g/mol. The number of nitrogens with zero attached hydrogens (tertiary/aromatic N) is 2. The Labute approximate surface area is 149 Å². The summed E-state index contributed by atoms with van der Waals surface area (Å²) in [5.74, 6) is -1.54. The average Bonchev–Trinajstić information content (AvgIpc) is 2.94. The first-order valence-electron chi connectivity index (χ1n) is 7.34. The summed E-state index contributed by atoms with van der Waals surface area (Å²) in [6, 6.07) is 7.01. The third kappa shape index (κ3) is 3.02. The number of aryl methyl sites for hydroxylation is 1. The smallest absolute Gasteiger partial charge is 0.420 e. The number of hydrogen-bond acceptors (Lipinski definition) is 3. The number of benzene rings is 1. The van der Waals surface area contributed by atoms with Crippen molar-refractivity contribution < 1.29 is 23.1 Å². The van der Waals surface area contributed by atoms with Gasteiger partial charge in [-0.3, -0.25) is 9.20 Å². The van der Waals surface area contributed by atoms with Crippen LogP contribution in [0.25, 0.3) is 5.65 Å². The van der Waals surface area contributed by atoms with Crippen molar-refractivity contribution in [2.45, 2.75) is 19.5 Å². The second-order valence-corrected chi connectivity index (χ2v) is 6.22. The maximum atomic E-state index is 13.1. The van der Waals surface area contributed by atoms with Crippen LogP contribution in [0.2, 0.25) is 0 Å². The summed E-state index contributed by atoms with van der Waals surface area (Å²) in [7, 11) is 0. The minimum absolute atomic E-state index is 0.183. The number of aromatic hydroxyl groups is 1. The number of fused-ring (bicyclic) bond motifs is 1. The molecule has 0 saturated carbocycles. The highest BCUT2D eigenvalue weighted by molar-refractivity contribution is 9.10. The van der Waals surface area contributed by atoms with Gasteiger partial charge in [-0.1, -0.05) is 13.0 Å². The predicted octanol–water partition coefficient (Wildman–Crippen LogP) is 4.61. The van der Waals surface area contributed by atoms with E-state index >= 15 is 0 Å². The summed E-state index contributed by atoms with van der Waals surface area (Å²) in [6.07, 6.45) is -2.70. The Morgan fingerprint density at radius 2 is 2.04 bits per heavy atom. The summed E-state index contributed by atoms with van der Waals surface area (Å²) in [5, 5.41) is 9.65. The van der Waals surface area contributed by atoms with E-state index in [1.54, 1.807) is 28.8 Å². The molecule has 4 nitrogen and oxygen atoms in total. The van der Waals surface area contributed by atoms with Crippen LogP contribution in [-0.4, -0.2) is 20.3 Å². The number of pyridine rings is 1. The van der Waals surface area contributed by atoms with Gasteiger partial charge in [0.15, 0.2) is 0 Å². The number of alkyl halides is 3. The zero-order chi connectivity index (χ0) is 18.4. The lowest BCUT2D eigenvalue weighted by Crippen LogP contribution is -2.12. The lowest BCUT2D eigenvalue weighted by atomic mass is 10.0. The molecule has 3 rings (SSSR count). The molecule has 0 amide bonds. The van der Waals surface area contributed by atoms with Crippen LogP contribution < -0.4 is 0 Å². The van der Waals surface area contributed by atoms with E-state index in [0.717, 1.165) is 0 Å². The Balaban J connectivity index is 2.22. The lowest BCUT2D eigenvalue weighted by molar-refractivity contribution is -0.138. The number of halogens is 4. The van der Waals surface area contributed by atoms with Crippen molar-refractivity contribution in [3.05, 3.63) is 63.5 Å². The molecule has 1 aromatic carbocycles. The van der Waals surface area contributed by atoms with Gasteiger partial charge in [-0.15, -0.1) is 0 Å². The molecule has 0 radical (unpaired) electrons. The van der Waals surface area contributed by atoms with E-state index in [4.69, 9.17) is 0 Å². The third-order valence-electron chi connectivity index (χ3n) is 3.78. The third-order valence-corrected chi connectivity index (χ3v) is 4.39. The summed E-state index contributed by atoms with van der Waals surface area (Å²) < 4.78 is 40.7. The van der Waals surface area contributed by atoms with Crippen LogP contribution in [0.5, 0.6) is 5.75 Å². The standard InChI is InChI=1S/C17H12BrF3N2O2/c1-2-12-14(23-6-4-3-5-13(23)22-12)15(24)9-7-10(17(19,20)21)16(25)11(18)8-9/h3-8,25H,2H2,1H3. The van der Waals surface area contributed by atoms with Gasteiger partial charge in [-0.25, -0.2) is 4.98 Å². The highest BCUT2D eigenvalue weighted by Gasteiger charge is 2.36. The van der Waals surface area contributed by atoms with Gasteiger partial charge in [0, 0.05) is 11.8 Å². The summed E-state index contributed by atoms with van der Waals surface area (Å²) >= 11 is 2.88. The highest BCUT2D eigenvalue weighted by atomic mass is 79.9. The van der Waals surface area contributed by atoms with Gasteiger partial charge in [0.2, 0.25) is 5.78 Å². The number of imidazole rings is 1. The van der Waals surface area contributed by atoms with E-state index in [0.29, 0.717) is 23.8 Å². The molecule has 0 bridgehead atoms. The molecule has 2 aromatic heterocycles. The van der Waals surface area contributed by atoms with Crippen molar-refractivity contribution in [2.75, 3.05) is 0 Å². The highest BCUT2D eigenvalue weighted by Crippen LogP contribution is 2.40. The Morgan fingerprint density at radius 3 is 2.68 bits per heavy atom. The molecule has 0 unspecified atom stereocenters. The minimum Gasteiger partial charge on any atom is -0.506 e. The first-order valence-corrected chi connectivity index (χ1v) is 8.13. The Bertz CT molecular complexity index is 980. The second-order valence-electron chi connectivity index (χ2n) is 5.37. The molecule has 0 aliphatic carbocycles. The van der Waals surface area contributed by atoms with E-state index in [9.17, 15) is 23.1 Å². The van der Waals surface area contributed by atoms with Gasteiger partial charge < -0.3 is 5.11 Å². The number of carbonyl (C=O) groups excluding carboxylic acids is 1. The number of ketones is 1.